The summed E-state index contributed by atoms with van der Waals surface area (Å²) in [5.41, 5.74) is 1.50. The van der Waals surface area contributed by atoms with Crippen LogP contribution in [-0.2, 0) is 13.1 Å². The van der Waals surface area contributed by atoms with Crippen molar-refractivity contribution < 1.29 is 14.1 Å². The summed E-state index contributed by atoms with van der Waals surface area (Å²) in [6.07, 6.45) is 19.8. The number of hydrogen-bond donors (Lipinski definition) is 1. The van der Waals surface area contributed by atoms with Gasteiger partial charge in [0.15, 0.2) is 12.4 Å². The van der Waals surface area contributed by atoms with E-state index in [0.29, 0.717) is 29.5 Å². The first kappa shape index (κ1) is 28.2. The monoisotopic (exact) mass is 487 g/mol. The summed E-state index contributed by atoms with van der Waals surface area (Å²) in [4.78, 5) is 12.6. The van der Waals surface area contributed by atoms with Gasteiger partial charge in [-0.15, -0.1) is 0 Å². The zero-order valence-corrected chi connectivity index (χ0v) is 22.0. The van der Waals surface area contributed by atoms with Gasteiger partial charge in [-0.1, -0.05) is 95.2 Å². The fraction of sp³-hybridized carbons (Fsp3) is 0.586. The van der Waals surface area contributed by atoms with Crippen molar-refractivity contribution in [2.24, 2.45) is 0 Å². The van der Waals surface area contributed by atoms with Crippen LogP contribution in [0, 0.1) is 0 Å². The van der Waals surface area contributed by atoms with Crippen LogP contribution in [0.4, 0.5) is 0 Å². The summed E-state index contributed by atoms with van der Waals surface area (Å²) >= 11 is 6.49. The van der Waals surface area contributed by atoms with Crippen LogP contribution in [0.2, 0.25) is 5.02 Å². The molecule has 0 atom stereocenters. The number of benzene rings is 1. The van der Waals surface area contributed by atoms with Crippen molar-refractivity contribution in [3.63, 3.8) is 0 Å². The fourth-order valence-corrected chi connectivity index (χ4v) is 4.28. The molecule has 0 unspecified atom stereocenters. The number of nitrogens with zero attached hydrogens (tertiary/aromatic N) is 1. The molecule has 0 bridgehead atoms. The molecule has 1 N–H and O–H groups in total. The molecular formula is C29H44ClN2O2+. The zero-order valence-electron chi connectivity index (χ0n) is 21.3. The maximum absolute atomic E-state index is 12.6. The molecule has 1 aromatic heterocycles. The second kappa shape index (κ2) is 17.4. The van der Waals surface area contributed by atoms with Gasteiger partial charge in [0.05, 0.1) is 17.2 Å². The van der Waals surface area contributed by atoms with E-state index in [1.54, 1.807) is 6.07 Å². The van der Waals surface area contributed by atoms with Gasteiger partial charge >= 0.3 is 0 Å². The SMILES string of the molecule is CCCCCCCCCCCCCCOc1cccc(C(=O)NCc2cc[n+](CC)cc2)c1Cl. The lowest BCUT2D eigenvalue weighted by molar-refractivity contribution is -0.693. The normalized spacial score (nSPS) is 10.9. The first-order valence-electron chi connectivity index (χ1n) is 13.3. The van der Waals surface area contributed by atoms with E-state index in [-0.39, 0.29) is 5.91 Å². The Morgan fingerprint density at radius 2 is 1.44 bits per heavy atom. The molecule has 0 saturated heterocycles. The van der Waals surface area contributed by atoms with E-state index in [1.807, 2.05) is 36.7 Å². The number of carbonyl (C=O) groups excluding carboxylic acids is 1. The van der Waals surface area contributed by atoms with Crippen molar-refractivity contribution in [1.82, 2.24) is 5.32 Å². The third-order valence-electron chi connectivity index (χ3n) is 6.24. The maximum Gasteiger partial charge on any atom is 0.253 e. The highest BCUT2D eigenvalue weighted by Gasteiger charge is 2.14. The molecule has 2 rings (SSSR count). The van der Waals surface area contributed by atoms with Crippen molar-refractivity contribution in [1.29, 1.82) is 0 Å². The second-order valence-electron chi connectivity index (χ2n) is 9.07. The van der Waals surface area contributed by atoms with E-state index in [9.17, 15) is 4.79 Å². The maximum atomic E-state index is 12.6. The first-order chi connectivity index (χ1) is 16.7. The van der Waals surface area contributed by atoms with E-state index in [0.717, 1.165) is 18.5 Å². The highest BCUT2D eigenvalue weighted by Crippen LogP contribution is 2.28. The Hall–Kier alpha value is -2.07. The number of aromatic nitrogens is 1. The van der Waals surface area contributed by atoms with Crippen LogP contribution in [0.25, 0.3) is 0 Å². The number of carbonyl (C=O) groups is 1. The van der Waals surface area contributed by atoms with Crippen LogP contribution >= 0.6 is 11.6 Å². The predicted molar refractivity (Wildman–Crippen MR) is 142 cm³/mol. The average molecular weight is 488 g/mol. The first-order valence-corrected chi connectivity index (χ1v) is 13.7. The van der Waals surface area contributed by atoms with Gasteiger partial charge in [-0.05, 0) is 31.0 Å². The molecule has 0 fully saturated rings. The number of unbranched alkanes of at least 4 members (excludes halogenated alkanes) is 11. The molecule has 0 aliphatic rings. The van der Waals surface area contributed by atoms with Gasteiger partial charge in [0, 0.05) is 18.7 Å². The summed E-state index contributed by atoms with van der Waals surface area (Å²) in [6.45, 7) is 6.38. The molecule has 0 saturated carbocycles. The molecule has 1 amide bonds. The quantitative estimate of drug-likeness (QED) is 0.173. The van der Waals surface area contributed by atoms with Crippen molar-refractivity contribution in [2.45, 2.75) is 104 Å². The zero-order chi connectivity index (χ0) is 24.4. The number of ether oxygens (including phenoxy) is 1. The molecule has 1 aromatic carbocycles. The van der Waals surface area contributed by atoms with Gasteiger partial charge in [0.2, 0.25) is 0 Å². The lowest BCUT2D eigenvalue weighted by atomic mass is 10.1. The molecule has 0 spiro atoms. The van der Waals surface area contributed by atoms with Crippen LogP contribution in [-0.4, -0.2) is 12.5 Å². The second-order valence-corrected chi connectivity index (χ2v) is 9.45. The number of pyridine rings is 1. The summed E-state index contributed by atoms with van der Waals surface area (Å²) in [5, 5.41) is 3.34. The fourth-order valence-electron chi connectivity index (χ4n) is 4.02. The molecule has 5 heteroatoms. The van der Waals surface area contributed by atoms with Gasteiger partial charge in [0.25, 0.3) is 5.91 Å². The molecule has 0 aliphatic heterocycles. The van der Waals surface area contributed by atoms with Crippen LogP contribution in [0.3, 0.4) is 0 Å². The van der Waals surface area contributed by atoms with Gasteiger partial charge in [-0.2, -0.15) is 0 Å². The Balaban J connectivity index is 1.61. The van der Waals surface area contributed by atoms with Gasteiger partial charge in [-0.3, -0.25) is 4.79 Å². The van der Waals surface area contributed by atoms with Crippen LogP contribution in [0.5, 0.6) is 5.75 Å². The summed E-state index contributed by atoms with van der Waals surface area (Å²) < 4.78 is 7.98. The molecule has 4 nitrogen and oxygen atoms in total. The van der Waals surface area contributed by atoms with E-state index in [2.05, 4.69) is 23.7 Å². The van der Waals surface area contributed by atoms with Crippen LogP contribution < -0.4 is 14.6 Å². The molecule has 0 aliphatic carbocycles. The van der Waals surface area contributed by atoms with Crippen molar-refractivity contribution in [2.75, 3.05) is 6.61 Å². The van der Waals surface area contributed by atoms with Gasteiger partial charge in [-0.25, -0.2) is 4.57 Å². The number of aryl methyl sites for hydroxylation is 1. The largest absolute Gasteiger partial charge is 0.492 e. The molecule has 188 valence electrons. The molecule has 34 heavy (non-hydrogen) atoms. The average Bonchev–Trinajstić information content (AvgIpc) is 2.86. The number of nitrogens with one attached hydrogen (secondary N) is 1. The third kappa shape index (κ3) is 10.9. The number of hydrogen-bond acceptors (Lipinski definition) is 2. The Morgan fingerprint density at radius 1 is 0.853 bits per heavy atom. The highest BCUT2D eigenvalue weighted by atomic mass is 35.5. The van der Waals surface area contributed by atoms with Crippen molar-refractivity contribution in [3.8, 4) is 5.75 Å². The molecular weight excluding hydrogens is 444 g/mol. The van der Waals surface area contributed by atoms with Crippen molar-refractivity contribution >= 4 is 17.5 Å². The summed E-state index contributed by atoms with van der Waals surface area (Å²) in [5.74, 6) is 0.397. The van der Waals surface area contributed by atoms with E-state index in [1.165, 1.54) is 70.6 Å². The minimum Gasteiger partial charge on any atom is -0.492 e. The number of halogens is 1. The topological polar surface area (TPSA) is 42.2 Å². The Morgan fingerprint density at radius 3 is 2.03 bits per heavy atom. The summed E-state index contributed by atoms with van der Waals surface area (Å²) in [7, 11) is 0. The Bertz CT molecular complexity index is 823. The van der Waals surface area contributed by atoms with Crippen molar-refractivity contribution in [3.05, 3.63) is 58.9 Å². The van der Waals surface area contributed by atoms with E-state index in [4.69, 9.17) is 16.3 Å². The Kier molecular flexibility index (Phi) is 14.4. The van der Waals surface area contributed by atoms with E-state index >= 15 is 0 Å². The van der Waals surface area contributed by atoms with E-state index < -0.39 is 0 Å². The third-order valence-corrected chi connectivity index (χ3v) is 6.63. The highest BCUT2D eigenvalue weighted by molar-refractivity contribution is 6.35. The van der Waals surface area contributed by atoms with Gasteiger partial charge < -0.3 is 10.1 Å². The minimum atomic E-state index is -0.187. The molecule has 2 aromatic rings. The molecule has 0 radical (unpaired) electrons. The number of rotatable bonds is 18. The smallest absolute Gasteiger partial charge is 0.253 e. The van der Waals surface area contributed by atoms with Gasteiger partial charge in [0.1, 0.15) is 12.3 Å². The predicted octanol–water partition coefficient (Wildman–Crippen LogP) is 7.66. The van der Waals surface area contributed by atoms with Crippen LogP contribution in [0.1, 0.15) is 107 Å². The Labute approximate surface area is 212 Å². The summed E-state index contributed by atoms with van der Waals surface area (Å²) in [6, 6.07) is 9.43. The lowest BCUT2D eigenvalue weighted by Crippen LogP contribution is -2.31. The minimum absolute atomic E-state index is 0.187. The van der Waals surface area contributed by atoms with Crippen LogP contribution in [0.15, 0.2) is 42.7 Å². The standard InChI is InChI=1S/C29H43ClN2O2/c1-3-5-6-7-8-9-10-11-12-13-14-15-23-34-27-18-16-17-26(28(27)30)29(33)31-24-25-19-21-32(4-2)22-20-25/h16-22H,3-15,23-24H2,1-2H3/p+1. The lowest BCUT2D eigenvalue weighted by Gasteiger charge is -2.12. The molecule has 1 heterocycles. The number of amides is 1.